The van der Waals surface area contributed by atoms with Gasteiger partial charge in [-0.1, -0.05) is 0 Å². The summed E-state index contributed by atoms with van der Waals surface area (Å²) in [5.41, 5.74) is 0. The summed E-state index contributed by atoms with van der Waals surface area (Å²) in [5.74, 6) is 0. The third kappa shape index (κ3) is 61.5. The van der Waals surface area contributed by atoms with E-state index >= 15 is 0 Å². The van der Waals surface area contributed by atoms with E-state index in [2.05, 4.69) is 0 Å². The molecule has 0 atom stereocenters. The molecule has 0 spiro atoms. The van der Waals surface area contributed by atoms with Crippen LogP contribution in [0.3, 0.4) is 0 Å². The Kier molecular flexibility index (Phi) is 14.9. The molecular weight excluding hydrogens is 454 g/mol. The molecule has 7 heteroatoms. The Morgan fingerprint density at radius 2 is 1.14 bits per heavy atom. The van der Waals surface area contributed by atoms with Gasteiger partial charge in [0.1, 0.15) is 0 Å². The van der Waals surface area contributed by atoms with Gasteiger partial charge < -0.3 is 14.7 Å². The van der Waals surface area contributed by atoms with E-state index in [0.29, 0.717) is 0 Å². The van der Waals surface area contributed by atoms with Crippen molar-refractivity contribution in [3.05, 3.63) is 0 Å². The predicted molar refractivity (Wildman–Crippen MR) is 24.2 cm³/mol. The molecule has 0 bridgehead atoms. The zero-order valence-corrected chi connectivity index (χ0v) is 12.3. The molecule has 0 fully saturated rings. The zero-order valence-electron chi connectivity index (χ0n) is 3.31. The molecule has 46 valence electrons. The predicted octanol–water partition coefficient (Wildman–Crippen LogP) is -2.11. The third-order valence-electron chi connectivity index (χ3n) is 0. The Labute approximate surface area is 92.2 Å². The SMILES string of the molecule is O=P(O)(O)O.[BiH3].[Sm]. The maximum atomic E-state index is 8.88. The molecule has 0 aromatic carbocycles. The van der Waals surface area contributed by atoms with Crippen molar-refractivity contribution < 1.29 is 59.6 Å². The number of hydrogen-bond donors (Lipinski definition) is 3. The molecule has 7 heavy (non-hydrogen) atoms. The van der Waals surface area contributed by atoms with Gasteiger partial charge in [-0.3, -0.25) is 0 Å². The van der Waals surface area contributed by atoms with Gasteiger partial charge in [0.25, 0.3) is 0 Å². The van der Waals surface area contributed by atoms with Crippen LogP contribution in [-0.2, 0) is 4.57 Å². The van der Waals surface area contributed by atoms with Crippen LogP contribution < -0.4 is 0 Å². The monoisotopic (exact) mass is 462 g/mol. The maximum absolute atomic E-state index is 8.88. The molecule has 4 nitrogen and oxygen atoms in total. The van der Waals surface area contributed by atoms with E-state index in [1.165, 1.54) is 0 Å². The molecule has 0 aliphatic heterocycles. The van der Waals surface area contributed by atoms with Crippen LogP contribution >= 0.6 is 7.82 Å². The van der Waals surface area contributed by atoms with E-state index in [4.69, 9.17) is 19.2 Å². The van der Waals surface area contributed by atoms with Crippen LogP contribution in [-0.4, -0.2) is 40.9 Å². The second-order valence-electron chi connectivity index (χ2n) is 0.513. The summed E-state index contributed by atoms with van der Waals surface area (Å²) in [7, 11) is -4.64. The average Bonchev–Trinajstić information content (AvgIpc) is 0.722. The number of hydrogen-bond acceptors (Lipinski definition) is 1. The second-order valence-corrected chi connectivity index (χ2v) is 1.54. The van der Waals surface area contributed by atoms with Crippen molar-refractivity contribution in [2.45, 2.75) is 0 Å². The van der Waals surface area contributed by atoms with E-state index in [9.17, 15) is 0 Å². The smallest absolute Gasteiger partial charge is 0 e. The maximum Gasteiger partial charge on any atom is 0 e. The van der Waals surface area contributed by atoms with E-state index in [1.807, 2.05) is 0 Å². The largest absolute Gasteiger partial charge is 0 e. The average molecular weight is 460 g/mol. The summed E-state index contributed by atoms with van der Waals surface area (Å²) in [4.78, 5) is 21.6. The van der Waals surface area contributed by atoms with Crippen LogP contribution in [0.1, 0.15) is 0 Å². The molecule has 0 saturated carbocycles. The normalized spacial score (nSPS) is 8.43. The van der Waals surface area contributed by atoms with Crippen LogP contribution in [0.5, 0.6) is 0 Å². The fourth-order valence-electron chi connectivity index (χ4n) is 0. The minimum atomic E-state index is -4.64. The minimum Gasteiger partial charge on any atom is 0 e. The van der Waals surface area contributed by atoms with Gasteiger partial charge in [-0.15, -0.1) is 0 Å². The van der Waals surface area contributed by atoms with Crippen LogP contribution in [0.2, 0.25) is 0 Å². The summed E-state index contributed by atoms with van der Waals surface area (Å²) in [6, 6.07) is 0. The molecule has 0 aliphatic rings. The molecule has 0 amide bonds. The van der Waals surface area contributed by atoms with Gasteiger partial charge in [0.15, 0.2) is 0 Å². The van der Waals surface area contributed by atoms with Crippen molar-refractivity contribution in [2.75, 3.05) is 0 Å². The molecule has 0 aromatic rings. The van der Waals surface area contributed by atoms with Crippen molar-refractivity contribution in [2.24, 2.45) is 0 Å². The van der Waals surface area contributed by atoms with Gasteiger partial charge in [0.05, 0.1) is 0 Å². The van der Waals surface area contributed by atoms with Crippen LogP contribution in [0, 0.1) is 40.4 Å². The first-order valence-electron chi connectivity index (χ1n) is 0.783. The summed E-state index contributed by atoms with van der Waals surface area (Å²) in [6.45, 7) is 0. The molecule has 0 unspecified atom stereocenters. The Bertz CT molecular complexity index is 57.8. The van der Waals surface area contributed by atoms with Gasteiger partial charge in [-0.05, 0) is 0 Å². The first-order valence-corrected chi connectivity index (χ1v) is 2.35. The summed E-state index contributed by atoms with van der Waals surface area (Å²) in [6.07, 6.45) is 0. The van der Waals surface area contributed by atoms with Gasteiger partial charge in [-0.25, -0.2) is 4.57 Å². The van der Waals surface area contributed by atoms with Gasteiger partial charge in [0, 0.05) is 40.4 Å². The first kappa shape index (κ1) is 16.2. The molecule has 0 aromatic heterocycles. The topological polar surface area (TPSA) is 77.8 Å². The Morgan fingerprint density at radius 3 is 1.14 bits per heavy atom. The number of rotatable bonds is 0. The standard InChI is InChI=1S/Bi.H3O4P.Sm.3H/c;1-5(2,3)4;;;;/h;(H3,1,2,3,4);;;;. The van der Waals surface area contributed by atoms with E-state index in [1.54, 1.807) is 0 Å². The molecule has 0 saturated heterocycles. The zero-order chi connectivity index (χ0) is 4.50. The molecule has 0 radical (unpaired) electrons. The van der Waals surface area contributed by atoms with Crippen molar-refractivity contribution >= 4 is 34.0 Å². The van der Waals surface area contributed by atoms with E-state index < -0.39 is 7.82 Å². The first-order chi connectivity index (χ1) is 2.00. The molecule has 0 rings (SSSR count). The van der Waals surface area contributed by atoms with E-state index in [-0.39, 0.29) is 66.6 Å². The Balaban J connectivity index is -0.0000000800. The quantitative estimate of drug-likeness (QED) is 0.286. The van der Waals surface area contributed by atoms with Crippen molar-refractivity contribution in [1.82, 2.24) is 0 Å². The number of phosphoric acid groups is 1. The molecular formula is H6BiO4PSm. The van der Waals surface area contributed by atoms with Crippen LogP contribution in [0.25, 0.3) is 0 Å². The summed E-state index contributed by atoms with van der Waals surface area (Å²) in [5, 5.41) is 0. The Hall–Kier alpha value is 2.33. The van der Waals surface area contributed by atoms with Gasteiger partial charge >= 0.3 is 34.0 Å². The van der Waals surface area contributed by atoms with Crippen molar-refractivity contribution in [3.8, 4) is 0 Å². The van der Waals surface area contributed by atoms with Crippen molar-refractivity contribution in [1.29, 1.82) is 0 Å². The summed E-state index contributed by atoms with van der Waals surface area (Å²) >= 11 is 0. The van der Waals surface area contributed by atoms with Crippen LogP contribution in [0.4, 0.5) is 0 Å². The second kappa shape index (κ2) is 6.45. The fourth-order valence-corrected chi connectivity index (χ4v) is 0. The van der Waals surface area contributed by atoms with E-state index in [0.717, 1.165) is 0 Å². The molecule has 0 heterocycles. The van der Waals surface area contributed by atoms with Gasteiger partial charge in [-0.2, -0.15) is 0 Å². The van der Waals surface area contributed by atoms with Crippen LogP contribution in [0.15, 0.2) is 0 Å². The third-order valence-corrected chi connectivity index (χ3v) is 0. The van der Waals surface area contributed by atoms with Crippen molar-refractivity contribution in [3.63, 3.8) is 0 Å². The molecule has 0 aliphatic carbocycles. The molecule has 3 N–H and O–H groups in total. The summed E-state index contributed by atoms with van der Waals surface area (Å²) < 4.78 is 8.88. The van der Waals surface area contributed by atoms with Gasteiger partial charge in [0.2, 0.25) is 0 Å². The fraction of sp³-hybridized carbons (Fsp3) is 0. The minimum absolute atomic E-state index is 0. The Morgan fingerprint density at radius 1 is 1.14 bits per heavy atom.